The number of methoxy groups -OCH3 is 1. The molecule has 14 heteroatoms. The summed E-state index contributed by atoms with van der Waals surface area (Å²) in [5.74, 6) is 1.61. The van der Waals surface area contributed by atoms with Crippen LogP contribution in [0.1, 0.15) is 57.6 Å². The molecule has 13 nitrogen and oxygen atoms in total. The maximum atomic E-state index is 13.2. The van der Waals surface area contributed by atoms with Gasteiger partial charge in [-0.2, -0.15) is 19.6 Å². The molecule has 2 aliphatic rings. The molecule has 0 spiro atoms. The lowest BCUT2D eigenvalue weighted by Crippen LogP contribution is -2.58. The predicted molar refractivity (Wildman–Crippen MR) is 184 cm³/mol. The number of aromatic nitrogens is 4. The fraction of sp³-hybridized carbons (Fsp3) is 0.471. The molecule has 6 rings (SSSR count). The standard InChI is InChI=1S/C34H44N8O5S/c1-21(2)48(44,45)29-10-8-7-9-25(29)38-33-40-32(39-30-11-14-36-42(30)33)37-26-17-22(3)24(18-28(26)46-6)23-12-15-41(16-13-23)31(43)27-19-47-34(4,5)20-35-27/h7-11,14,17-18,21,23,27,35H,12-13,15-16,19-20H2,1-6H3,(H2,37,38,39,40)/t27-/m1/s1. The summed E-state index contributed by atoms with van der Waals surface area (Å²) in [4.78, 5) is 24.6. The van der Waals surface area contributed by atoms with E-state index in [1.807, 2.05) is 24.8 Å². The molecule has 1 amide bonds. The van der Waals surface area contributed by atoms with E-state index in [-0.39, 0.29) is 34.3 Å². The zero-order valence-electron chi connectivity index (χ0n) is 28.3. The van der Waals surface area contributed by atoms with Gasteiger partial charge in [0.15, 0.2) is 15.5 Å². The van der Waals surface area contributed by atoms with E-state index in [0.717, 1.165) is 18.4 Å². The van der Waals surface area contributed by atoms with Crippen molar-refractivity contribution in [3.8, 4) is 5.75 Å². The van der Waals surface area contributed by atoms with Crippen LogP contribution in [0.25, 0.3) is 5.65 Å². The van der Waals surface area contributed by atoms with Gasteiger partial charge in [-0.05, 0) is 88.8 Å². The van der Waals surface area contributed by atoms with Crippen LogP contribution in [0.2, 0.25) is 0 Å². The first kappa shape index (κ1) is 33.6. The van der Waals surface area contributed by atoms with Crippen LogP contribution in [0.3, 0.4) is 0 Å². The van der Waals surface area contributed by atoms with Crippen molar-refractivity contribution in [2.75, 3.05) is 44.0 Å². The molecule has 4 heterocycles. The van der Waals surface area contributed by atoms with Crippen molar-refractivity contribution < 1.29 is 22.7 Å². The molecule has 2 aromatic heterocycles. The minimum atomic E-state index is -3.57. The number of carbonyl (C=O) groups excluding carboxylic acids is 1. The molecule has 0 aliphatic carbocycles. The molecule has 0 bridgehead atoms. The number of nitrogens with one attached hydrogen (secondary N) is 3. The number of anilines is 4. The van der Waals surface area contributed by atoms with Crippen molar-refractivity contribution in [1.29, 1.82) is 0 Å². The van der Waals surface area contributed by atoms with Gasteiger partial charge < -0.3 is 30.3 Å². The molecular formula is C34H44N8O5S. The number of likely N-dealkylation sites (tertiary alicyclic amines) is 1. The Morgan fingerprint density at radius 3 is 2.52 bits per heavy atom. The molecule has 2 aliphatic heterocycles. The van der Waals surface area contributed by atoms with Crippen LogP contribution in [0.4, 0.5) is 23.3 Å². The lowest BCUT2D eigenvalue weighted by Gasteiger charge is -2.39. The smallest absolute Gasteiger partial charge is 0.242 e. The molecule has 0 unspecified atom stereocenters. The largest absolute Gasteiger partial charge is 0.495 e. The van der Waals surface area contributed by atoms with Crippen molar-refractivity contribution in [3.05, 3.63) is 59.8 Å². The van der Waals surface area contributed by atoms with Crippen LogP contribution < -0.4 is 20.7 Å². The highest BCUT2D eigenvalue weighted by molar-refractivity contribution is 7.92. The van der Waals surface area contributed by atoms with E-state index in [1.54, 1.807) is 57.5 Å². The topological polar surface area (TPSA) is 152 Å². The second-order valence-electron chi connectivity index (χ2n) is 13.3. The van der Waals surface area contributed by atoms with Crippen LogP contribution in [-0.2, 0) is 19.4 Å². The van der Waals surface area contributed by atoms with Gasteiger partial charge in [-0.15, -0.1) is 0 Å². The number of amides is 1. The Labute approximate surface area is 281 Å². The quantitative estimate of drug-likeness (QED) is 0.228. The third-order valence-electron chi connectivity index (χ3n) is 9.11. The molecule has 3 N–H and O–H groups in total. The predicted octanol–water partition coefficient (Wildman–Crippen LogP) is 4.58. The fourth-order valence-electron chi connectivity index (χ4n) is 6.26. The number of piperidine rings is 1. The number of benzene rings is 2. The number of ether oxygens (including phenoxy) is 2. The number of fused-ring (bicyclic) bond motifs is 1. The van der Waals surface area contributed by atoms with Crippen molar-refractivity contribution in [2.45, 2.75) is 75.2 Å². The fourth-order valence-corrected chi connectivity index (χ4v) is 7.46. The molecule has 256 valence electrons. The van der Waals surface area contributed by atoms with Crippen molar-refractivity contribution >= 4 is 44.7 Å². The van der Waals surface area contributed by atoms with Gasteiger partial charge >= 0.3 is 0 Å². The van der Waals surface area contributed by atoms with Gasteiger partial charge in [0.25, 0.3) is 0 Å². The summed E-state index contributed by atoms with van der Waals surface area (Å²) in [5, 5.41) is 13.6. The minimum absolute atomic E-state index is 0.104. The van der Waals surface area contributed by atoms with Gasteiger partial charge in [0.2, 0.25) is 17.8 Å². The number of hydrogen-bond donors (Lipinski definition) is 3. The summed E-state index contributed by atoms with van der Waals surface area (Å²) < 4.78 is 39.4. The van der Waals surface area contributed by atoms with Crippen LogP contribution in [-0.4, -0.2) is 89.1 Å². The zero-order valence-corrected chi connectivity index (χ0v) is 29.1. The molecular weight excluding hydrogens is 632 g/mol. The molecule has 48 heavy (non-hydrogen) atoms. The number of para-hydroxylation sites is 1. The third-order valence-corrected chi connectivity index (χ3v) is 11.3. The van der Waals surface area contributed by atoms with Crippen LogP contribution in [0.15, 0.2) is 53.6 Å². The lowest BCUT2D eigenvalue weighted by atomic mass is 9.86. The average molecular weight is 677 g/mol. The van der Waals surface area contributed by atoms with Gasteiger partial charge in [0.05, 0.1) is 47.0 Å². The summed E-state index contributed by atoms with van der Waals surface area (Å²) in [5.41, 5.74) is 3.61. The normalized spacial score (nSPS) is 18.6. The first-order valence-corrected chi connectivity index (χ1v) is 17.8. The van der Waals surface area contributed by atoms with Crippen molar-refractivity contribution in [3.63, 3.8) is 0 Å². The highest BCUT2D eigenvalue weighted by Gasteiger charge is 2.35. The Kier molecular flexibility index (Phi) is 9.33. The Morgan fingerprint density at radius 2 is 1.83 bits per heavy atom. The van der Waals surface area contributed by atoms with Crippen LogP contribution >= 0.6 is 0 Å². The second kappa shape index (κ2) is 13.3. The Morgan fingerprint density at radius 1 is 1.08 bits per heavy atom. The molecule has 0 saturated carbocycles. The number of carbonyl (C=O) groups is 1. The van der Waals surface area contributed by atoms with Crippen molar-refractivity contribution in [1.82, 2.24) is 29.8 Å². The summed E-state index contributed by atoms with van der Waals surface area (Å²) in [7, 11) is -1.94. The van der Waals surface area contributed by atoms with Gasteiger partial charge in [-0.1, -0.05) is 12.1 Å². The van der Waals surface area contributed by atoms with E-state index in [9.17, 15) is 13.2 Å². The van der Waals surface area contributed by atoms with Crippen molar-refractivity contribution in [2.24, 2.45) is 0 Å². The van der Waals surface area contributed by atoms with E-state index in [2.05, 4.69) is 44.0 Å². The Balaban J connectivity index is 1.20. The number of rotatable bonds is 9. The van der Waals surface area contributed by atoms with Crippen LogP contribution in [0, 0.1) is 6.92 Å². The summed E-state index contributed by atoms with van der Waals surface area (Å²) in [6, 6.07) is 12.3. The number of morpholine rings is 1. The van der Waals surface area contributed by atoms with Gasteiger partial charge in [0.1, 0.15) is 11.8 Å². The summed E-state index contributed by atoms with van der Waals surface area (Å²) in [6.45, 7) is 11.8. The van der Waals surface area contributed by atoms with E-state index >= 15 is 0 Å². The highest BCUT2D eigenvalue weighted by Crippen LogP contribution is 2.38. The Bertz CT molecular complexity index is 1910. The Hall–Kier alpha value is -4.27. The molecule has 2 fully saturated rings. The second-order valence-corrected chi connectivity index (χ2v) is 15.8. The monoisotopic (exact) mass is 676 g/mol. The summed E-state index contributed by atoms with van der Waals surface area (Å²) in [6.07, 6.45) is 3.31. The zero-order chi connectivity index (χ0) is 34.2. The molecule has 4 aromatic rings. The SMILES string of the molecule is COc1cc(C2CCN(C(=O)[C@H]3COC(C)(C)CN3)CC2)c(C)cc1Nc1nc(Nc2ccccc2S(=O)(=O)C(C)C)n2nccc2n1. The van der Waals surface area contributed by atoms with E-state index in [0.29, 0.717) is 55.0 Å². The molecule has 0 radical (unpaired) electrons. The maximum absolute atomic E-state index is 13.2. The van der Waals surface area contributed by atoms with E-state index in [4.69, 9.17) is 9.47 Å². The minimum Gasteiger partial charge on any atom is -0.495 e. The lowest BCUT2D eigenvalue weighted by molar-refractivity contribution is -0.142. The molecule has 1 atom stereocenters. The number of nitrogens with zero attached hydrogens (tertiary/aromatic N) is 5. The number of aryl methyl sites for hydroxylation is 1. The van der Waals surface area contributed by atoms with Gasteiger partial charge in [0, 0.05) is 25.7 Å². The number of sulfone groups is 1. The van der Waals surface area contributed by atoms with Gasteiger partial charge in [-0.25, -0.2) is 8.42 Å². The third kappa shape index (κ3) is 6.82. The van der Waals surface area contributed by atoms with E-state index in [1.165, 1.54) is 10.1 Å². The first-order chi connectivity index (χ1) is 22.9. The molecule has 2 aromatic carbocycles. The number of hydrogen-bond acceptors (Lipinski definition) is 11. The maximum Gasteiger partial charge on any atom is 0.242 e. The van der Waals surface area contributed by atoms with E-state index < -0.39 is 15.1 Å². The van der Waals surface area contributed by atoms with Gasteiger partial charge in [-0.3, -0.25) is 4.79 Å². The first-order valence-electron chi connectivity index (χ1n) is 16.3. The summed E-state index contributed by atoms with van der Waals surface area (Å²) >= 11 is 0. The highest BCUT2D eigenvalue weighted by atomic mass is 32.2. The van der Waals surface area contributed by atoms with Crippen LogP contribution in [0.5, 0.6) is 5.75 Å². The average Bonchev–Trinajstić information content (AvgIpc) is 3.54. The molecule has 2 saturated heterocycles.